The van der Waals surface area contributed by atoms with E-state index in [1.807, 2.05) is 0 Å². The number of halogens is 1. The fraction of sp³-hybridized carbons (Fsp3) is 0.500. The maximum atomic E-state index is 12.9. The van der Waals surface area contributed by atoms with Crippen LogP contribution in [0.2, 0.25) is 0 Å². The van der Waals surface area contributed by atoms with Gasteiger partial charge in [-0.2, -0.15) is 0 Å². The van der Waals surface area contributed by atoms with Crippen molar-refractivity contribution in [3.63, 3.8) is 0 Å². The van der Waals surface area contributed by atoms with E-state index >= 15 is 0 Å². The third-order valence-electron chi connectivity index (χ3n) is 5.05. The number of aliphatic carboxylic acids is 1. The van der Waals surface area contributed by atoms with Crippen molar-refractivity contribution in [3.05, 3.63) is 30.1 Å². The number of carboxylic acids is 1. The molecule has 6 nitrogen and oxygen atoms in total. The van der Waals surface area contributed by atoms with Gasteiger partial charge in [0.2, 0.25) is 5.91 Å². The van der Waals surface area contributed by atoms with Crippen molar-refractivity contribution < 1.29 is 27.5 Å². The molecule has 0 radical (unpaired) electrons. The second-order valence-corrected chi connectivity index (χ2v) is 8.77. The Morgan fingerprint density at radius 2 is 1.83 bits per heavy atom. The second-order valence-electron chi connectivity index (χ2n) is 6.50. The highest BCUT2D eigenvalue weighted by Crippen LogP contribution is 2.55. The summed E-state index contributed by atoms with van der Waals surface area (Å²) in [5, 5.41) is 10.5. The summed E-state index contributed by atoms with van der Waals surface area (Å²) in [6, 6.07) is 4.01. The molecule has 0 spiro atoms. The molecular weight excluding hydrogens is 337 g/mol. The number of fused-ring (bicyclic) bond motifs is 1. The van der Waals surface area contributed by atoms with Gasteiger partial charge in [0.15, 0.2) is 9.84 Å². The number of sulfone groups is 1. The molecule has 2 aliphatic carbocycles. The summed E-state index contributed by atoms with van der Waals surface area (Å²) < 4.78 is 37.8. The van der Waals surface area contributed by atoms with Gasteiger partial charge in [-0.3, -0.25) is 9.59 Å². The van der Waals surface area contributed by atoms with Crippen molar-refractivity contribution >= 4 is 21.7 Å². The van der Waals surface area contributed by atoms with Crippen LogP contribution in [0.3, 0.4) is 0 Å². The Kier molecular flexibility index (Phi) is 4.11. The Balaban J connectivity index is 1.69. The van der Waals surface area contributed by atoms with E-state index in [2.05, 4.69) is 5.32 Å². The highest BCUT2D eigenvalue weighted by molar-refractivity contribution is 7.92. The highest BCUT2D eigenvalue weighted by atomic mass is 32.2. The summed E-state index contributed by atoms with van der Waals surface area (Å²) >= 11 is 0. The number of rotatable bonds is 5. The molecule has 1 aromatic carbocycles. The number of carbonyl (C=O) groups is 2. The SMILES string of the molecule is CC(C(=O)N[C@@H]1C[C@H](C(=O)O)[C@H]2C[C@H]21)S(=O)(=O)c1ccc(F)cc1. The fourth-order valence-electron chi connectivity index (χ4n) is 3.50. The first-order valence-electron chi connectivity index (χ1n) is 7.74. The van der Waals surface area contributed by atoms with Crippen molar-refractivity contribution in [2.45, 2.75) is 36.0 Å². The lowest BCUT2D eigenvalue weighted by atomic mass is 10.0. The van der Waals surface area contributed by atoms with Crippen molar-refractivity contribution in [3.8, 4) is 0 Å². The minimum absolute atomic E-state index is 0.0804. The van der Waals surface area contributed by atoms with Gasteiger partial charge in [-0.25, -0.2) is 12.8 Å². The number of nitrogens with one attached hydrogen (secondary N) is 1. The van der Waals surface area contributed by atoms with Gasteiger partial charge in [-0.05, 0) is 55.9 Å². The Morgan fingerprint density at radius 1 is 1.21 bits per heavy atom. The molecule has 0 aliphatic heterocycles. The summed E-state index contributed by atoms with van der Waals surface area (Å²) in [6.07, 6.45) is 1.08. The lowest BCUT2D eigenvalue weighted by Gasteiger charge is -2.19. The smallest absolute Gasteiger partial charge is 0.306 e. The zero-order valence-corrected chi connectivity index (χ0v) is 13.8. The fourth-order valence-corrected chi connectivity index (χ4v) is 4.78. The van der Waals surface area contributed by atoms with Gasteiger partial charge in [-0.15, -0.1) is 0 Å². The van der Waals surface area contributed by atoms with Crippen LogP contribution in [0.1, 0.15) is 19.8 Å². The molecule has 2 aliphatic rings. The number of amides is 1. The predicted octanol–water partition coefficient (Wildman–Crippen LogP) is 1.21. The molecule has 5 atom stereocenters. The van der Waals surface area contributed by atoms with E-state index in [1.165, 1.54) is 6.92 Å². The molecule has 130 valence electrons. The van der Waals surface area contributed by atoms with Crippen molar-refractivity contribution in [2.75, 3.05) is 0 Å². The Labute approximate surface area is 139 Å². The first-order valence-corrected chi connectivity index (χ1v) is 9.29. The van der Waals surface area contributed by atoms with E-state index in [-0.39, 0.29) is 22.8 Å². The summed E-state index contributed by atoms with van der Waals surface area (Å²) in [5.41, 5.74) is 0. The van der Waals surface area contributed by atoms with E-state index in [9.17, 15) is 22.4 Å². The van der Waals surface area contributed by atoms with Crippen LogP contribution >= 0.6 is 0 Å². The zero-order valence-electron chi connectivity index (χ0n) is 13.0. The molecule has 3 rings (SSSR count). The third kappa shape index (κ3) is 2.90. The first kappa shape index (κ1) is 16.9. The van der Waals surface area contributed by atoms with Crippen LogP contribution in [0.15, 0.2) is 29.2 Å². The lowest BCUT2D eigenvalue weighted by Crippen LogP contribution is -2.44. The van der Waals surface area contributed by atoms with E-state index in [1.54, 1.807) is 0 Å². The van der Waals surface area contributed by atoms with Crippen LogP contribution in [0.25, 0.3) is 0 Å². The maximum absolute atomic E-state index is 12.9. The summed E-state index contributed by atoms with van der Waals surface area (Å²) in [6.45, 7) is 1.28. The maximum Gasteiger partial charge on any atom is 0.306 e. The van der Waals surface area contributed by atoms with E-state index in [0.717, 1.165) is 30.7 Å². The van der Waals surface area contributed by atoms with Crippen LogP contribution in [-0.4, -0.2) is 36.7 Å². The van der Waals surface area contributed by atoms with Crippen molar-refractivity contribution in [2.24, 2.45) is 17.8 Å². The molecular formula is C16H18FNO5S. The van der Waals surface area contributed by atoms with E-state index in [0.29, 0.717) is 6.42 Å². The summed E-state index contributed by atoms with van der Waals surface area (Å²) in [7, 11) is -3.93. The standard InChI is InChI=1S/C16H18FNO5S/c1-8(24(22,23)10-4-2-9(17)3-5-10)15(19)18-14-7-13(16(20)21)11-6-12(11)14/h2-5,8,11-14H,6-7H2,1H3,(H,18,19)(H,20,21)/t8?,11-,12+,13-,14+/m0/s1. The summed E-state index contributed by atoms with van der Waals surface area (Å²) in [5.74, 6) is -2.35. The highest BCUT2D eigenvalue weighted by Gasteiger charge is 2.57. The van der Waals surface area contributed by atoms with Gasteiger partial charge in [0.25, 0.3) is 0 Å². The average molecular weight is 355 g/mol. The normalized spacial score (nSPS) is 29.6. The Bertz CT molecular complexity index is 776. The third-order valence-corrected chi connectivity index (χ3v) is 7.13. The molecule has 2 saturated carbocycles. The zero-order chi connectivity index (χ0) is 17.6. The lowest BCUT2D eigenvalue weighted by molar-refractivity contribution is -0.142. The molecule has 1 unspecified atom stereocenters. The van der Waals surface area contributed by atoms with Crippen LogP contribution in [0, 0.1) is 23.6 Å². The molecule has 0 saturated heterocycles. The number of carboxylic acid groups (broad SMARTS) is 1. The monoisotopic (exact) mass is 355 g/mol. The molecule has 2 N–H and O–H groups in total. The minimum Gasteiger partial charge on any atom is -0.481 e. The average Bonchev–Trinajstić information content (AvgIpc) is 3.23. The summed E-state index contributed by atoms with van der Waals surface area (Å²) in [4.78, 5) is 23.3. The Morgan fingerprint density at radius 3 is 2.38 bits per heavy atom. The number of carbonyl (C=O) groups excluding carboxylic acids is 1. The number of benzene rings is 1. The van der Waals surface area contributed by atoms with Crippen LogP contribution in [0.4, 0.5) is 4.39 Å². The van der Waals surface area contributed by atoms with E-state index < -0.39 is 38.7 Å². The van der Waals surface area contributed by atoms with Gasteiger partial charge in [-0.1, -0.05) is 0 Å². The predicted molar refractivity (Wildman–Crippen MR) is 82.3 cm³/mol. The molecule has 0 bridgehead atoms. The van der Waals surface area contributed by atoms with Crippen molar-refractivity contribution in [1.82, 2.24) is 5.32 Å². The number of hydrogen-bond acceptors (Lipinski definition) is 4. The largest absolute Gasteiger partial charge is 0.481 e. The second kappa shape index (κ2) is 5.84. The Hall–Kier alpha value is -1.96. The van der Waals surface area contributed by atoms with Gasteiger partial charge >= 0.3 is 5.97 Å². The van der Waals surface area contributed by atoms with Crippen LogP contribution < -0.4 is 5.32 Å². The van der Waals surface area contributed by atoms with Crippen LogP contribution in [-0.2, 0) is 19.4 Å². The molecule has 8 heteroatoms. The molecule has 24 heavy (non-hydrogen) atoms. The van der Waals surface area contributed by atoms with Crippen molar-refractivity contribution in [1.29, 1.82) is 0 Å². The molecule has 2 fully saturated rings. The molecule has 0 aromatic heterocycles. The quantitative estimate of drug-likeness (QED) is 0.774. The van der Waals surface area contributed by atoms with Gasteiger partial charge in [0.05, 0.1) is 10.8 Å². The number of hydrogen-bond donors (Lipinski definition) is 2. The van der Waals surface area contributed by atoms with E-state index in [4.69, 9.17) is 5.11 Å². The molecule has 1 aromatic rings. The topological polar surface area (TPSA) is 101 Å². The van der Waals surface area contributed by atoms with Gasteiger partial charge in [0.1, 0.15) is 11.1 Å². The van der Waals surface area contributed by atoms with Gasteiger partial charge in [0, 0.05) is 6.04 Å². The minimum atomic E-state index is -3.93. The first-order chi connectivity index (χ1) is 11.2. The molecule has 1 amide bonds. The van der Waals surface area contributed by atoms with Crippen LogP contribution in [0.5, 0.6) is 0 Å². The molecule has 0 heterocycles. The van der Waals surface area contributed by atoms with Gasteiger partial charge < -0.3 is 10.4 Å².